The second-order valence-corrected chi connectivity index (χ2v) is 2.50. The van der Waals surface area contributed by atoms with E-state index in [4.69, 9.17) is 11.5 Å². The highest BCUT2D eigenvalue weighted by atomic mass is 15.2. The molecular formula is C6H12N4. The molecule has 1 atom stereocenters. The number of rotatable bonds is 2. The van der Waals surface area contributed by atoms with Gasteiger partial charge in [0.05, 0.1) is 0 Å². The highest BCUT2D eigenvalue weighted by Crippen LogP contribution is 2.01. The van der Waals surface area contributed by atoms with Crippen molar-refractivity contribution in [2.45, 2.75) is 19.4 Å². The summed E-state index contributed by atoms with van der Waals surface area (Å²) in [4.78, 5) is 0. The smallest absolute Gasteiger partial charge is 0.145 e. The predicted octanol–water partition coefficient (Wildman–Crippen LogP) is -0.118. The minimum Gasteiger partial charge on any atom is -0.382 e. The van der Waals surface area contributed by atoms with Crippen molar-refractivity contribution in [3.05, 3.63) is 11.8 Å². The molecule has 1 heterocycles. The second kappa shape index (κ2) is 2.70. The molecule has 0 radical (unpaired) electrons. The normalized spacial score (nSPS) is 13.4. The lowest BCUT2D eigenvalue weighted by molar-refractivity contribution is 0.719. The van der Waals surface area contributed by atoms with Crippen LogP contribution in [0, 0.1) is 0 Å². The lowest BCUT2D eigenvalue weighted by Crippen LogP contribution is -2.17. The van der Waals surface area contributed by atoms with Crippen LogP contribution in [0.1, 0.15) is 12.6 Å². The van der Waals surface area contributed by atoms with Crippen LogP contribution < -0.4 is 11.5 Å². The maximum atomic E-state index is 5.55. The molecule has 4 heteroatoms. The molecule has 5 N–H and O–H groups in total. The van der Waals surface area contributed by atoms with Gasteiger partial charge in [-0.15, -0.1) is 0 Å². The molecule has 0 amide bonds. The van der Waals surface area contributed by atoms with Gasteiger partial charge >= 0.3 is 0 Å². The number of nitrogen functional groups attached to an aromatic ring is 1. The Morgan fingerprint density at radius 3 is 2.90 bits per heavy atom. The van der Waals surface area contributed by atoms with E-state index < -0.39 is 0 Å². The Hall–Kier alpha value is -1.03. The van der Waals surface area contributed by atoms with Crippen molar-refractivity contribution in [3.8, 4) is 0 Å². The Bertz CT molecular complexity index is 203. The highest BCUT2D eigenvalue weighted by Gasteiger charge is 1.99. The molecule has 0 bridgehead atoms. The number of aromatic amines is 1. The van der Waals surface area contributed by atoms with Crippen molar-refractivity contribution < 1.29 is 0 Å². The number of H-pyrrole nitrogens is 1. The first-order valence-electron chi connectivity index (χ1n) is 3.24. The molecular weight excluding hydrogens is 128 g/mol. The molecule has 1 aromatic rings. The van der Waals surface area contributed by atoms with Crippen molar-refractivity contribution in [2.75, 3.05) is 5.73 Å². The van der Waals surface area contributed by atoms with Crippen LogP contribution in [0.25, 0.3) is 0 Å². The summed E-state index contributed by atoms with van der Waals surface area (Å²) in [6.07, 6.45) is 0.796. The number of aromatic nitrogens is 2. The van der Waals surface area contributed by atoms with Crippen molar-refractivity contribution in [2.24, 2.45) is 5.73 Å². The van der Waals surface area contributed by atoms with E-state index in [1.807, 2.05) is 6.92 Å². The molecule has 1 aromatic heterocycles. The molecule has 56 valence electrons. The van der Waals surface area contributed by atoms with Crippen LogP contribution in [0.2, 0.25) is 0 Å². The van der Waals surface area contributed by atoms with Gasteiger partial charge < -0.3 is 11.5 Å². The Morgan fingerprint density at radius 1 is 1.80 bits per heavy atom. The maximum absolute atomic E-state index is 5.55. The molecule has 0 aromatic carbocycles. The van der Waals surface area contributed by atoms with Gasteiger partial charge in [-0.3, -0.25) is 5.10 Å². The van der Waals surface area contributed by atoms with Crippen LogP contribution in [0.15, 0.2) is 6.07 Å². The zero-order valence-electron chi connectivity index (χ0n) is 5.96. The largest absolute Gasteiger partial charge is 0.382 e. The first kappa shape index (κ1) is 7.08. The van der Waals surface area contributed by atoms with Crippen LogP contribution in [0.5, 0.6) is 0 Å². The summed E-state index contributed by atoms with van der Waals surface area (Å²) < 4.78 is 0. The minimum absolute atomic E-state index is 0.153. The number of anilines is 1. The molecule has 1 unspecified atom stereocenters. The molecule has 0 spiro atoms. The van der Waals surface area contributed by atoms with E-state index in [2.05, 4.69) is 10.2 Å². The van der Waals surface area contributed by atoms with Crippen LogP contribution in [0.4, 0.5) is 5.82 Å². The van der Waals surface area contributed by atoms with Gasteiger partial charge in [0, 0.05) is 24.2 Å². The average molecular weight is 140 g/mol. The third-order valence-corrected chi connectivity index (χ3v) is 1.19. The monoisotopic (exact) mass is 140 g/mol. The van der Waals surface area contributed by atoms with E-state index in [1.165, 1.54) is 0 Å². The van der Waals surface area contributed by atoms with Gasteiger partial charge in [0.2, 0.25) is 0 Å². The molecule has 0 aliphatic rings. The molecule has 0 aliphatic heterocycles. The first-order valence-corrected chi connectivity index (χ1v) is 3.24. The van der Waals surface area contributed by atoms with Gasteiger partial charge in [0.25, 0.3) is 0 Å². The Labute approximate surface area is 59.6 Å². The SMILES string of the molecule is CC(N)Cc1cc(N)n[nH]1. The van der Waals surface area contributed by atoms with Crippen molar-refractivity contribution in [1.82, 2.24) is 10.2 Å². The fourth-order valence-corrected chi connectivity index (χ4v) is 0.831. The fraction of sp³-hybridized carbons (Fsp3) is 0.500. The van der Waals surface area contributed by atoms with Gasteiger partial charge in [0.15, 0.2) is 0 Å². The molecule has 0 saturated carbocycles. The number of nitrogens with zero attached hydrogens (tertiary/aromatic N) is 1. The second-order valence-electron chi connectivity index (χ2n) is 2.50. The molecule has 1 rings (SSSR count). The summed E-state index contributed by atoms with van der Waals surface area (Å²) in [5.74, 6) is 0.524. The van der Waals surface area contributed by atoms with Crippen molar-refractivity contribution in [3.63, 3.8) is 0 Å². The zero-order chi connectivity index (χ0) is 7.56. The van der Waals surface area contributed by atoms with E-state index in [1.54, 1.807) is 6.07 Å². The van der Waals surface area contributed by atoms with Crippen LogP contribution >= 0.6 is 0 Å². The fourth-order valence-electron chi connectivity index (χ4n) is 0.831. The first-order chi connectivity index (χ1) is 4.68. The predicted molar refractivity (Wildman–Crippen MR) is 40.4 cm³/mol. The maximum Gasteiger partial charge on any atom is 0.145 e. The third-order valence-electron chi connectivity index (χ3n) is 1.19. The van der Waals surface area contributed by atoms with E-state index in [9.17, 15) is 0 Å². The van der Waals surface area contributed by atoms with Crippen molar-refractivity contribution >= 4 is 5.82 Å². The zero-order valence-corrected chi connectivity index (χ0v) is 5.96. The summed E-state index contributed by atoms with van der Waals surface area (Å²) in [6.45, 7) is 1.94. The van der Waals surface area contributed by atoms with E-state index >= 15 is 0 Å². The van der Waals surface area contributed by atoms with Crippen LogP contribution in [0.3, 0.4) is 0 Å². The topological polar surface area (TPSA) is 80.7 Å². The summed E-state index contributed by atoms with van der Waals surface area (Å²) >= 11 is 0. The summed E-state index contributed by atoms with van der Waals surface area (Å²) in [5.41, 5.74) is 11.9. The minimum atomic E-state index is 0.153. The molecule has 10 heavy (non-hydrogen) atoms. The highest BCUT2D eigenvalue weighted by molar-refractivity contribution is 5.28. The van der Waals surface area contributed by atoms with Crippen LogP contribution in [-0.2, 0) is 6.42 Å². The Morgan fingerprint density at radius 2 is 2.50 bits per heavy atom. The van der Waals surface area contributed by atoms with E-state index in [0.29, 0.717) is 5.82 Å². The number of nitrogens with one attached hydrogen (secondary N) is 1. The van der Waals surface area contributed by atoms with Crippen molar-refractivity contribution in [1.29, 1.82) is 0 Å². The quantitative estimate of drug-likeness (QED) is 0.535. The van der Waals surface area contributed by atoms with E-state index in [-0.39, 0.29) is 6.04 Å². The number of hydrogen-bond donors (Lipinski definition) is 3. The van der Waals surface area contributed by atoms with E-state index in [0.717, 1.165) is 12.1 Å². The summed E-state index contributed by atoms with van der Waals surface area (Å²) in [5, 5.41) is 6.55. The van der Waals surface area contributed by atoms with Gasteiger partial charge in [0.1, 0.15) is 5.82 Å². The number of hydrogen-bond acceptors (Lipinski definition) is 3. The van der Waals surface area contributed by atoms with Gasteiger partial charge in [-0.1, -0.05) is 0 Å². The lowest BCUT2D eigenvalue weighted by atomic mass is 10.2. The number of nitrogens with two attached hydrogens (primary N) is 2. The average Bonchev–Trinajstić information content (AvgIpc) is 2.13. The molecule has 0 aliphatic carbocycles. The van der Waals surface area contributed by atoms with Gasteiger partial charge in [-0.05, 0) is 6.92 Å². The molecule has 0 fully saturated rings. The molecule has 4 nitrogen and oxygen atoms in total. The van der Waals surface area contributed by atoms with Gasteiger partial charge in [-0.2, -0.15) is 5.10 Å². The Balaban J connectivity index is 2.58. The summed E-state index contributed by atoms with van der Waals surface area (Å²) in [7, 11) is 0. The Kier molecular flexibility index (Phi) is 1.91. The molecule has 0 saturated heterocycles. The summed E-state index contributed by atoms with van der Waals surface area (Å²) in [6, 6.07) is 1.95. The lowest BCUT2D eigenvalue weighted by Gasteiger charge is -1.99. The third kappa shape index (κ3) is 1.73. The van der Waals surface area contributed by atoms with Crippen LogP contribution in [-0.4, -0.2) is 16.2 Å². The van der Waals surface area contributed by atoms with Gasteiger partial charge in [-0.25, -0.2) is 0 Å². The standard InChI is InChI=1S/C6H12N4/c1-4(7)2-5-3-6(8)10-9-5/h3-4H,2,7H2,1H3,(H3,8,9,10).